The molecule has 2 N–H and O–H groups in total. The number of fused-ring (bicyclic) bond motifs is 2. The normalized spacial score (nSPS) is 15.3. The van der Waals surface area contributed by atoms with E-state index in [9.17, 15) is 0 Å². The van der Waals surface area contributed by atoms with Crippen LogP contribution in [0.25, 0.3) is 16.6 Å². The highest BCUT2D eigenvalue weighted by atomic mass is 16.5. The Morgan fingerprint density at radius 1 is 1.24 bits per heavy atom. The van der Waals surface area contributed by atoms with Gasteiger partial charge in [0.05, 0.1) is 17.8 Å². The lowest BCUT2D eigenvalue weighted by molar-refractivity contribution is 0.0661. The highest BCUT2D eigenvalue weighted by Gasteiger charge is 2.17. The van der Waals surface area contributed by atoms with Crippen molar-refractivity contribution in [1.82, 2.24) is 24.8 Å². The Labute approximate surface area is 168 Å². The summed E-state index contributed by atoms with van der Waals surface area (Å²) in [7, 11) is 1.67. The first-order valence-electron chi connectivity index (χ1n) is 9.95. The molecule has 4 aromatic rings. The standard InChI is InChI=1S/C21H24N6O2/c1-28-13-19-17-6-5-15(12-18(17)24-25-19)22-21-23-20-4-2-3-16(27(20)26-21)11-14-7-9-29-10-8-14/h2-6,12,14H,7-11,13H2,1H3,(H,22,26)(H,24,25). The number of hydrogen-bond acceptors (Lipinski definition) is 6. The maximum absolute atomic E-state index is 5.48. The van der Waals surface area contributed by atoms with Crippen LogP contribution in [-0.2, 0) is 22.5 Å². The minimum atomic E-state index is 0.483. The van der Waals surface area contributed by atoms with Crippen molar-refractivity contribution in [2.45, 2.75) is 25.9 Å². The van der Waals surface area contributed by atoms with Gasteiger partial charge in [-0.3, -0.25) is 5.10 Å². The van der Waals surface area contributed by atoms with E-state index in [4.69, 9.17) is 14.6 Å². The molecule has 1 saturated heterocycles. The molecule has 3 aromatic heterocycles. The molecule has 1 aliphatic heterocycles. The van der Waals surface area contributed by atoms with Gasteiger partial charge in [0.25, 0.3) is 0 Å². The van der Waals surface area contributed by atoms with E-state index in [0.29, 0.717) is 18.5 Å². The SMILES string of the molecule is COCc1n[nH]c2cc(Nc3nc4cccc(CC5CCOCC5)n4n3)ccc12. The summed E-state index contributed by atoms with van der Waals surface area (Å²) in [5, 5.41) is 16.4. The zero-order valence-electron chi connectivity index (χ0n) is 16.4. The van der Waals surface area contributed by atoms with Crippen molar-refractivity contribution in [3.8, 4) is 0 Å². The van der Waals surface area contributed by atoms with E-state index >= 15 is 0 Å². The Morgan fingerprint density at radius 2 is 2.14 bits per heavy atom. The van der Waals surface area contributed by atoms with Gasteiger partial charge in [0.15, 0.2) is 5.65 Å². The summed E-state index contributed by atoms with van der Waals surface area (Å²) < 4.78 is 12.6. The fraction of sp³-hybridized carbons (Fsp3) is 0.381. The average Bonchev–Trinajstić information content (AvgIpc) is 3.33. The molecule has 1 aliphatic rings. The molecule has 0 unspecified atom stereocenters. The van der Waals surface area contributed by atoms with Gasteiger partial charge in [-0.1, -0.05) is 6.07 Å². The number of pyridine rings is 1. The van der Waals surface area contributed by atoms with Crippen LogP contribution in [0.5, 0.6) is 0 Å². The van der Waals surface area contributed by atoms with E-state index in [2.05, 4.69) is 32.6 Å². The third kappa shape index (κ3) is 3.68. The zero-order valence-corrected chi connectivity index (χ0v) is 16.4. The van der Waals surface area contributed by atoms with Crippen LogP contribution in [0.4, 0.5) is 11.6 Å². The Kier molecular flexibility index (Phi) is 4.87. The number of aromatic amines is 1. The molecule has 0 bridgehead atoms. The van der Waals surface area contributed by atoms with Crippen LogP contribution in [0.2, 0.25) is 0 Å². The lowest BCUT2D eigenvalue weighted by Gasteiger charge is -2.21. The maximum Gasteiger partial charge on any atom is 0.247 e. The molecule has 0 amide bonds. The topological polar surface area (TPSA) is 89.4 Å². The van der Waals surface area contributed by atoms with E-state index < -0.39 is 0 Å². The van der Waals surface area contributed by atoms with E-state index in [1.165, 1.54) is 5.69 Å². The van der Waals surface area contributed by atoms with Gasteiger partial charge < -0.3 is 14.8 Å². The number of methoxy groups -OCH3 is 1. The molecule has 8 heteroatoms. The third-order valence-electron chi connectivity index (χ3n) is 5.46. The number of rotatable bonds is 6. The van der Waals surface area contributed by atoms with Gasteiger partial charge in [-0.15, -0.1) is 5.10 Å². The van der Waals surface area contributed by atoms with Crippen LogP contribution in [0.15, 0.2) is 36.4 Å². The van der Waals surface area contributed by atoms with Crippen molar-refractivity contribution >= 4 is 28.2 Å². The summed E-state index contributed by atoms with van der Waals surface area (Å²) in [6, 6.07) is 12.2. The number of hydrogen-bond donors (Lipinski definition) is 2. The molecule has 0 spiro atoms. The molecular formula is C21H24N6O2. The lowest BCUT2D eigenvalue weighted by atomic mass is 9.95. The molecule has 5 rings (SSSR count). The molecule has 0 radical (unpaired) electrons. The lowest BCUT2D eigenvalue weighted by Crippen LogP contribution is -2.18. The molecule has 0 atom stereocenters. The van der Waals surface area contributed by atoms with E-state index in [-0.39, 0.29) is 0 Å². The molecule has 4 heterocycles. The van der Waals surface area contributed by atoms with Gasteiger partial charge in [-0.2, -0.15) is 10.1 Å². The first kappa shape index (κ1) is 18.1. The predicted molar refractivity (Wildman–Crippen MR) is 110 cm³/mol. The number of anilines is 2. The van der Waals surface area contributed by atoms with Gasteiger partial charge >= 0.3 is 0 Å². The van der Waals surface area contributed by atoms with Gasteiger partial charge in [-0.25, -0.2) is 4.52 Å². The number of H-pyrrole nitrogens is 1. The largest absolute Gasteiger partial charge is 0.381 e. The first-order valence-corrected chi connectivity index (χ1v) is 9.95. The summed E-state index contributed by atoms with van der Waals surface area (Å²) in [6.45, 7) is 2.19. The van der Waals surface area contributed by atoms with E-state index in [1.807, 2.05) is 28.8 Å². The molecular weight excluding hydrogens is 368 g/mol. The first-order chi connectivity index (χ1) is 14.3. The number of nitrogens with one attached hydrogen (secondary N) is 2. The quantitative estimate of drug-likeness (QED) is 0.522. The highest BCUT2D eigenvalue weighted by Crippen LogP contribution is 2.24. The van der Waals surface area contributed by atoms with Crippen molar-refractivity contribution in [1.29, 1.82) is 0 Å². The number of ether oxygens (including phenoxy) is 2. The molecule has 150 valence electrons. The number of benzene rings is 1. The Morgan fingerprint density at radius 3 is 3.00 bits per heavy atom. The van der Waals surface area contributed by atoms with Crippen molar-refractivity contribution in [2.75, 3.05) is 25.6 Å². The van der Waals surface area contributed by atoms with Crippen molar-refractivity contribution in [2.24, 2.45) is 5.92 Å². The summed E-state index contributed by atoms with van der Waals surface area (Å²) in [5.41, 5.74) is 4.79. The second kappa shape index (κ2) is 7.81. The molecule has 29 heavy (non-hydrogen) atoms. The second-order valence-corrected chi connectivity index (χ2v) is 7.47. The van der Waals surface area contributed by atoms with Crippen LogP contribution in [0, 0.1) is 5.92 Å². The van der Waals surface area contributed by atoms with Crippen LogP contribution in [-0.4, -0.2) is 45.1 Å². The summed E-state index contributed by atoms with van der Waals surface area (Å²) in [5.74, 6) is 1.22. The van der Waals surface area contributed by atoms with Crippen molar-refractivity contribution < 1.29 is 9.47 Å². The predicted octanol–water partition coefficient (Wildman–Crippen LogP) is 3.46. The highest BCUT2D eigenvalue weighted by molar-refractivity contribution is 5.85. The fourth-order valence-electron chi connectivity index (χ4n) is 3.94. The van der Waals surface area contributed by atoms with Gasteiger partial charge in [0.2, 0.25) is 5.95 Å². The molecule has 8 nitrogen and oxygen atoms in total. The zero-order chi connectivity index (χ0) is 19.6. The monoisotopic (exact) mass is 392 g/mol. The van der Waals surface area contributed by atoms with Crippen LogP contribution in [0.3, 0.4) is 0 Å². The van der Waals surface area contributed by atoms with E-state index in [0.717, 1.165) is 60.4 Å². The van der Waals surface area contributed by atoms with Gasteiger partial charge in [0, 0.05) is 37.1 Å². The Hall–Kier alpha value is -2.97. The van der Waals surface area contributed by atoms with Gasteiger partial charge in [0.1, 0.15) is 0 Å². The van der Waals surface area contributed by atoms with Crippen LogP contribution in [0.1, 0.15) is 24.2 Å². The Balaban J connectivity index is 1.39. The van der Waals surface area contributed by atoms with Crippen LogP contribution < -0.4 is 5.32 Å². The summed E-state index contributed by atoms with van der Waals surface area (Å²) in [6.07, 6.45) is 3.20. The maximum atomic E-state index is 5.48. The van der Waals surface area contributed by atoms with Crippen molar-refractivity contribution in [3.63, 3.8) is 0 Å². The minimum absolute atomic E-state index is 0.483. The van der Waals surface area contributed by atoms with Gasteiger partial charge in [-0.05, 0) is 55.5 Å². The van der Waals surface area contributed by atoms with Crippen molar-refractivity contribution in [3.05, 3.63) is 47.8 Å². The molecule has 1 aromatic carbocycles. The minimum Gasteiger partial charge on any atom is -0.381 e. The summed E-state index contributed by atoms with van der Waals surface area (Å²) >= 11 is 0. The fourth-order valence-corrected chi connectivity index (χ4v) is 3.94. The summed E-state index contributed by atoms with van der Waals surface area (Å²) in [4.78, 5) is 4.65. The smallest absolute Gasteiger partial charge is 0.247 e. The molecule has 0 saturated carbocycles. The third-order valence-corrected chi connectivity index (χ3v) is 5.46. The second-order valence-electron chi connectivity index (χ2n) is 7.47. The Bertz CT molecular complexity index is 1130. The number of aromatic nitrogens is 5. The molecule has 0 aliphatic carbocycles. The molecule has 1 fully saturated rings. The number of nitrogens with zero attached hydrogens (tertiary/aromatic N) is 4. The average molecular weight is 392 g/mol. The van der Waals surface area contributed by atoms with Crippen LogP contribution >= 0.6 is 0 Å². The van der Waals surface area contributed by atoms with E-state index in [1.54, 1.807) is 7.11 Å².